The highest BCUT2D eigenvalue weighted by atomic mass is 16.5. The van der Waals surface area contributed by atoms with Crippen LogP contribution in [-0.2, 0) is 68.7 Å². The van der Waals surface area contributed by atoms with E-state index in [-0.39, 0.29) is 12.8 Å². The number of hydrogen-bond donors (Lipinski definition) is 14. The van der Waals surface area contributed by atoms with E-state index < -0.39 is 193 Å². The summed E-state index contributed by atoms with van der Waals surface area (Å²) in [4.78, 5) is 163. The van der Waals surface area contributed by atoms with Crippen LogP contribution in [0, 0.1) is 23.7 Å². The highest BCUT2D eigenvalue weighted by Crippen LogP contribution is 2.17. The number of amides is 11. The first kappa shape index (κ1) is 70.8. The van der Waals surface area contributed by atoms with Crippen LogP contribution in [0.5, 0.6) is 0 Å². The second-order valence-electron chi connectivity index (χ2n) is 21.2. The molecule has 1 aliphatic heterocycles. The van der Waals surface area contributed by atoms with E-state index in [4.69, 9.17) is 10.5 Å². The number of primary amides is 1. The van der Waals surface area contributed by atoms with Crippen molar-refractivity contribution in [1.82, 2.24) is 58.5 Å². The molecule has 2 rings (SSSR count). The minimum atomic E-state index is -1.80. The number of likely N-dealkylation sites (N-methyl/N-ethyl adjacent to an activating group) is 1. The zero-order valence-corrected chi connectivity index (χ0v) is 49.3. The number of nitrogens with one attached hydrogen (secondary N) is 11. The maximum Gasteiger partial charge on any atom is 0.329 e. The van der Waals surface area contributed by atoms with Crippen LogP contribution >= 0.6 is 0 Å². The molecule has 27 nitrogen and oxygen atoms in total. The first-order valence-electron chi connectivity index (χ1n) is 28.1. The molecule has 1 heterocycles. The van der Waals surface area contributed by atoms with Gasteiger partial charge in [-0.3, -0.25) is 52.7 Å². The topological polar surface area (TPSA) is 413 Å². The molecule has 0 aliphatic carbocycles. The van der Waals surface area contributed by atoms with E-state index in [0.29, 0.717) is 19.3 Å². The van der Waals surface area contributed by atoms with Gasteiger partial charge in [-0.15, -0.1) is 0 Å². The van der Waals surface area contributed by atoms with Crippen LogP contribution in [0.3, 0.4) is 0 Å². The average molecular weight is 1160 g/mol. The van der Waals surface area contributed by atoms with Gasteiger partial charge in [0, 0.05) is 6.42 Å². The molecule has 0 unspecified atom stereocenters. The SMILES string of the molecule is CC[C@H](C)[C@H](NC(=O)[C@@H](Cc1ccccc1)NC)C(=O)N[C@@H](CO)C(=O)N[C@H](CCC(N)=O)C(=O)N[C@@H](C(=O)N[C@H](C(=O)N[C@@H](CO)C(=O)N[C@H]1C(=O)N[C@@H](C)C(=O)N[C@H](C)C(=O)N[C@@H]([C@@H](C)CC)C(=O)O[C@H]1C)[C@@H](C)CC)[C@@H](C)CC. The van der Waals surface area contributed by atoms with E-state index >= 15 is 0 Å². The minimum Gasteiger partial charge on any atom is -0.458 e. The summed E-state index contributed by atoms with van der Waals surface area (Å²) in [6, 6.07) is -6.00. The van der Waals surface area contributed by atoms with Crippen molar-refractivity contribution < 1.29 is 72.5 Å². The molecule has 16 atom stereocenters. The van der Waals surface area contributed by atoms with Crippen LogP contribution in [0.1, 0.15) is 120 Å². The van der Waals surface area contributed by atoms with Crippen molar-refractivity contribution in [2.75, 3.05) is 20.3 Å². The van der Waals surface area contributed by atoms with Gasteiger partial charge in [-0.2, -0.15) is 0 Å². The highest BCUT2D eigenvalue weighted by molar-refractivity contribution is 5.99. The van der Waals surface area contributed by atoms with Gasteiger partial charge >= 0.3 is 5.97 Å². The van der Waals surface area contributed by atoms with Crippen molar-refractivity contribution in [1.29, 1.82) is 0 Å². The van der Waals surface area contributed by atoms with Crippen molar-refractivity contribution in [3.63, 3.8) is 0 Å². The Morgan fingerprint density at radius 3 is 1.43 bits per heavy atom. The van der Waals surface area contributed by atoms with Crippen LogP contribution in [0.4, 0.5) is 0 Å². The second kappa shape index (κ2) is 34.9. The molecule has 1 aliphatic rings. The minimum absolute atomic E-state index is 0.265. The molecule has 82 heavy (non-hydrogen) atoms. The van der Waals surface area contributed by atoms with E-state index in [1.807, 2.05) is 30.3 Å². The Morgan fingerprint density at radius 1 is 0.561 bits per heavy atom. The van der Waals surface area contributed by atoms with Gasteiger partial charge < -0.3 is 79.2 Å². The number of carbonyl (C=O) groups excluding carboxylic acids is 12. The normalized spacial score (nSPS) is 21.8. The van der Waals surface area contributed by atoms with Gasteiger partial charge in [0.1, 0.15) is 66.5 Å². The molecule has 0 saturated carbocycles. The Hall–Kier alpha value is -7.26. The van der Waals surface area contributed by atoms with Gasteiger partial charge in [0.05, 0.1) is 19.3 Å². The number of benzene rings is 1. The van der Waals surface area contributed by atoms with Crippen molar-refractivity contribution >= 4 is 70.9 Å². The lowest BCUT2D eigenvalue weighted by molar-refractivity contribution is -0.157. The zero-order chi connectivity index (χ0) is 62.1. The van der Waals surface area contributed by atoms with E-state index in [2.05, 4.69) is 58.5 Å². The maximum absolute atomic E-state index is 14.3. The molecule has 460 valence electrons. The Kier molecular flexibility index (Phi) is 30.1. The smallest absolute Gasteiger partial charge is 0.329 e. The van der Waals surface area contributed by atoms with E-state index in [0.717, 1.165) is 5.56 Å². The number of aliphatic hydroxyl groups is 2. The molecule has 1 aromatic carbocycles. The van der Waals surface area contributed by atoms with Gasteiger partial charge in [-0.05, 0) is 69.9 Å². The number of aliphatic hydroxyl groups excluding tert-OH is 2. The monoisotopic (exact) mass is 1160 g/mol. The van der Waals surface area contributed by atoms with Crippen LogP contribution in [0.25, 0.3) is 0 Å². The van der Waals surface area contributed by atoms with Crippen LogP contribution in [-0.4, -0.2) is 174 Å². The molecule has 15 N–H and O–H groups in total. The lowest BCUT2D eigenvalue weighted by Gasteiger charge is -2.31. The number of rotatable bonds is 30. The molecule has 0 radical (unpaired) electrons. The summed E-state index contributed by atoms with van der Waals surface area (Å²) in [7, 11) is 1.60. The maximum atomic E-state index is 14.3. The fourth-order valence-corrected chi connectivity index (χ4v) is 8.47. The molecule has 11 amide bonds. The molecule has 0 aromatic heterocycles. The van der Waals surface area contributed by atoms with E-state index in [9.17, 15) is 67.7 Å². The Bertz CT molecular complexity index is 2360. The highest BCUT2D eigenvalue weighted by Gasteiger charge is 2.40. The second-order valence-corrected chi connectivity index (χ2v) is 21.2. The van der Waals surface area contributed by atoms with Gasteiger partial charge in [0.2, 0.25) is 65.0 Å². The summed E-state index contributed by atoms with van der Waals surface area (Å²) in [6.45, 7) is 15.5. The molecule has 0 spiro atoms. The van der Waals surface area contributed by atoms with Crippen LogP contribution < -0.4 is 64.2 Å². The molecule has 27 heteroatoms. The zero-order valence-electron chi connectivity index (χ0n) is 49.3. The van der Waals surface area contributed by atoms with Crippen LogP contribution in [0.2, 0.25) is 0 Å². The Morgan fingerprint density at radius 2 is 0.976 bits per heavy atom. The summed E-state index contributed by atoms with van der Waals surface area (Å²) >= 11 is 0. The number of cyclic esters (lactones) is 1. The third-order valence-electron chi connectivity index (χ3n) is 14.9. The van der Waals surface area contributed by atoms with E-state index in [1.165, 1.54) is 20.8 Å². The van der Waals surface area contributed by atoms with Crippen molar-refractivity contribution in [3.8, 4) is 0 Å². The van der Waals surface area contributed by atoms with Crippen molar-refractivity contribution in [2.45, 2.75) is 194 Å². The molecule has 1 saturated heterocycles. The van der Waals surface area contributed by atoms with Gasteiger partial charge in [0.25, 0.3) is 0 Å². The molecular weight excluding hydrogens is 1070 g/mol. The standard InChI is InChI=1S/C55H90N12O15/c1-13-27(5)40(64-48(74)36(57-12)24-34-20-18-17-19-21-34)51(77)61-37(25-68)49(75)60-35(22-23-39(56)70)47(73)63-42(29(7)15-3)53(79)65-41(28(6)14-2)52(78)62-38(26-69)50(76)67-44-33(11)82-55(81)43(30(8)16-4)66-46(72)32(10)58-45(71)31(9)59-54(44)80/h17-21,27-33,35-38,40-44,57,68-69H,13-16,22-26H2,1-12H3,(H2,56,70)(H,58,71)(H,59,80)(H,60,75)(H,61,77)(H,62,78)(H,63,73)(H,64,74)(H,65,79)(H,66,72)(H,67,76)/t27-,28-,29-,30-,31-,32+,33-,35+,36+,37-,38-,40-,41-,42+,43-,44+/m0/s1. The lowest BCUT2D eigenvalue weighted by atomic mass is 9.94. The fourth-order valence-electron chi connectivity index (χ4n) is 8.47. The molecule has 1 aromatic rings. The predicted molar refractivity (Wildman–Crippen MR) is 300 cm³/mol. The lowest BCUT2D eigenvalue weighted by Crippen LogP contribution is -2.63. The first-order chi connectivity index (χ1) is 38.6. The molecular formula is C55H90N12O15. The summed E-state index contributed by atoms with van der Waals surface area (Å²) in [5, 5.41) is 48.9. The summed E-state index contributed by atoms with van der Waals surface area (Å²) in [6.07, 6.45) is -0.625. The average Bonchev–Trinajstić information content (AvgIpc) is 3.49. The van der Waals surface area contributed by atoms with Gasteiger partial charge in [-0.1, -0.05) is 111 Å². The van der Waals surface area contributed by atoms with Crippen molar-refractivity contribution in [2.24, 2.45) is 29.4 Å². The van der Waals surface area contributed by atoms with Gasteiger partial charge in [0.15, 0.2) is 0 Å². The number of ether oxygens (including phenoxy) is 1. The van der Waals surface area contributed by atoms with E-state index in [1.54, 1.807) is 62.4 Å². The van der Waals surface area contributed by atoms with Gasteiger partial charge in [-0.25, -0.2) is 4.79 Å². The third kappa shape index (κ3) is 21.6. The quantitative estimate of drug-likeness (QED) is 0.0343. The van der Waals surface area contributed by atoms with Crippen molar-refractivity contribution in [3.05, 3.63) is 35.9 Å². The number of carbonyl (C=O) groups is 12. The first-order valence-corrected chi connectivity index (χ1v) is 28.1. The predicted octanol–water partition coefficient (Wildman–Crippen LogP) is -2.92. The fraction of sp³-hybridized carbons (Fsp3) is 0.673. The molecule has 0 bridgehead atoms. The summed E-state index contributed by atoms with van der Waals surface area (Å²) < 4.78 is 5.63. The van der Waals surface area contributed by atoms with Crippen LogP contribution in [0.15, 0.2) is 30.3 Å². The number of esters is 1. The summed E-state index contributed by atoms with van der Waals surface area (Å²) in [5.41, 5.74) is 6.29. The summed E-state index contributed by atoms with van der Waals surface area (Å²) in [5.74, 6) is -12.9. The molecule has 1 fully saturated rings. The third-order valence-corrected chi connectivity index (χ3v) is 14.9. The number of hydrogen-bond acceptors (Lipinski definition) is 16. The number of nitrogens with two attached hydrogens (primary N) is 1. The Labute approximate surface area is 479 Å². The Balaban J connectivity index is 2.38. The largest absolute Gasteiger partial charge is 0.458 e.